The Bertz CT molecular complexity index is 1030. The van der Waals surface area contributed by atoms with E-state index in [-0.39, 0.29) is 17.0 Å². The number of nitrogens with zero attached hydrogens (tertiary/aromatic N) is 2. The Labute approximate surface area is 155 Å². The highest BCUT2D eigenvalue weighted by atomic mass is 32.2. The molecule has 3 rings (SSSR count). The molecule has 0 fully saturated rings. The van der Waals surface area contributed by atoms with Gasteiger partial charge in [-0.2, -0.15) is 4.98 Å². The van der Waals surface area contributed by atoms with Gasteiger partial charge in [-0.1, -0.05) is 41.6 Å². The van der Waals surface area contributed by atoms with E-state index < -0.39 is 16.0 Å². The van der Waals surface area contributed by atoms with E-state index in [1.807, 2.05) is 30.3 Å². The molecule has 0 spiro atoms. The molecule has 0 aliphatic carbocycles. The van der Waals surface area contributed by atoms with Gasteiger partial charge in [-0.05, 0) is 24.6 Å². The van der Waals surface area contributed by atoms with Crippen molar-refractivity contribution in [2.45, 2.75) is 17.7 Å². The first-order valence-corrected chi connectivity index (χ1v) is 9.65. The van der Waals surface area contributed by atoms with Gasteiger partial charge in [-0.25, -0.2) is 17.9 Å². The van der Waals surface area contributed by atoms with Crippen molar-refractivity contribution in [3.63, 3.8) is 0 Å². The van der Waals surface area contributed by atoms with Crippen molar-refractivity contribution in [2.24, 2.45) is 0 Å². The molecule has 0 aliphatic heterocycles. The highest BCUT2D eigenvalue weighted by Crippen LogP contribution is 2.15. The van der Waals surface area contributed by atoms with Crippen LogP contribution >= 0.6 is 0 Å². The molecule has 0 amide bonds. The summed E-state index contributed by atoms with van der Waals surface area (Å²) < 4.78 is 32.1. The Morgan fingerprint density at radius 3 is 2.63 bits per heavy atom. The lowest BCUT2D eigenvalue weighted by Crippen LogP contribution is -2.25. The lowest BCUT2D eigenvalue weighted by Gasteiger charge is -2.06. The summed E-state index contributed by atoms with van der Waals surface area (Å²) in [6.07, 6.45) is 0.867. The lowest BCUT2D eigenvalue weighted by molar-refractivity contribution is 0.0696. The van der Waals surface area contributed by atoms with Gasteiger partial charge in [0.2, 0.25) is 21.7 Å². The van der Waals surface area contributed by atoms with Gasteiger partial charge in [0, 0.05) is 18.5 Å². The van der Waals surface area contributed by atoms with Crippen LogP contribution in [0.4, 0.5) is 0 Å². The SMILES string of the molecule is O=C(O)c1cccc(S(=O)(=O)NCCCc2nc(-c3ccccc3)no2)c1. The number of carboxylic acids is 1. The van der Waals surface area contributed by atoms with Gasteiger partial charge >= 0.3 is 5.97 Å². The van der Waals surface area contributed by atoms with Gasteiger partial charge in [0.25, 0.3) is 0 Å². The van der Waals surface area contributed by atoms with Crippen LogP contribution in [-0.2, 0) is 16.4 Å². The number of carboxylic acid groups (broad SMARTS) is 1. The fourth-order valence-corrected chi connectivity index (χ4v) is 3.51. The zero-order chi connectivity index (χ0) is 19.3. The molecule has 1 heterocycles. The van der Waals surface area contributed by atoms with Gasteiger partial charge in [0.1, 0.15) is 0 Å². The fraction of sp³-hybridized carbons (Fsp3) is 0.167. The first-order valence-electron chi connectivity index (χ1n) is 8.17. The molecule has 0 aliphatic rings. The van der Waals surface area contributed by atoms with Crippen molar-refractivity contribution >= 4 is 16.0 Å². The number of aromatic carboxylic acids is 1. The summed E-state index contributed by atoms with van der Waals surface area (Å²) in [6, 6.07) is 14.6. The fourth-order valence-electron chi connectivity index (χ4n) is 2.39. The van der Waals surface area contributed by atoms with Crippen LogP contribution in [0.3, 0.4) is 0 Å². The second-order valence-corrected chi connectivity index (χ2v) is 7.48. The molecule has 0 bridgehead atoms. The van der Waals surface area contributed by atoms with E-state index in [0.29, 0.717) is 24.6 Å². The van der Waals surface area contributed by atoms with Crippen molar-refractivity contribution in [3.8, 4) is 11.4 Å². The third-order valence-electron chi connectivity index (χ3n) is 3.75. The predicted molar refractivity (Wildman–Crippen MR) is 96.6 cm³/mol. The maximum absolute atomic E-state index is 12.3. The third-order valence-corrected chi connectivity index (χ3v) is 5.21. The second-order valence-electron chi connectivity index (χ2n) is 5.71. The molecule has 3 aromatic rings. The summed E-state index contributed by atoms with van der Waals surface area (Å²) in [7, 11) is -3.79. The van der Waals surface area contributed by atoms with E-state index in [2.05, 4.69) is 14.9 Å². The molecule has 0 saturated heterocycles. The highest BCUT2D eigenvalue weighted by molar-refractivity contribution is 7.89. The van der Waals surface area contributed by atoms with E-state index in [9.17, 15) is 13.2 Å². The van der Waals surface area contributed by atoms with Gasteiger partial charge in [-0.15, -0.1) is 0 Å². The van der Waals surface area contributed by atoms with Crippen LogP contribution in [0.1, 0.15) is 22.7 Å². The second kappa shape index (κ2) is 8.11. The summed E-state index contributed by atoms with van der Waals surface area (Å²) >= 11 is 0. The molecule has 0 saturated carbocycles. The largest absolute Gasteiger partial charge is 0.478 e. The van der Waals surface area contributed by atoms with Crippen molar-refractivity contribution in [1.82, 2.24) is 14.9 Å². The quantitative estimate of drug-likeness (QED) is 0.569. The van der Waals surface area contributed by atoms with Crippen LogP contribution in [0, 0.1) is 0 Å². The number of carbonyl (C=O) groups is 1. The van der Waals surface area contributed by atoms with Crippen LogP contribution < -0.4 is 4.72 Å². The minimum absolute atomic E-state index is 0.0859. The molecule has 27 heavy (non-hydrogen) atoms. The predicted octanol–water partition coefficient (Wildman–Crippen LogP) is 2.35. The maximum atomic E-state index is 12.3. The molecule has 1 aromatic heterocycles. The Morgan fingerprint density at radius 1 is 1.11 bits per heavy atom. The number of rotatable bonds is 8. The monoisotopic (exact) mass is 387 g/mol. The summed E-state index contributed by atoms with van der Waals surface area (Å²) in [4.78, 5) is 15.2. The Balaban J connectivity index is 1.55. The Hall–Kier alpha value is -3.04. The van der Waals surface area contributed by atoms with Crippen molar-refractivity contribution in [3.05, 3.63) is 66.1 Å². The average molecular weight is 387 g/mol. The van der Waals surface area contributed by atoms with Crippen LogP contribution in [0.5, 0.6) is 0 Å². The van der Waals surface area contributed by atoms with Gasteiger partial charge in [0.05, 0.1) is 10.5 Å². The third kappa shape index (κ3) is 4.78. The van der Waals surface area contributed by atoms with Crippen LogP contribution in [0.15, 0.2) is 64.0 Å². The number of aromatic nitrogens is 2. The van der Waals surface area contributed by atoms with Crippen LogP contribution in [0.2, 0.25) is 0 Å². The Kier molecular flexibility index (Phi) is 5.63. The topological polar surface area (TPSA) is 122 Å². The zero-order valence-corrected chi connectivity index (χ0v) is 15.0. The minimum atomic E-state index is -3.79. The first-order chi connectivity index (χ1) is 13.0. The van der Waals surface area contributed by atoms with Gasteiger partial charge in [-0.3, -0.25) is 0 Å². The van der Waals surface area contributed by atoms with Crippen LogP contribution in [0.25, 0.3) is 11.4 Å². The molecule has 0 radical (unpaired) electrons. The van der Waals surface area contributed by atoms with Crippen LogP contribution in [-0.4, -0.2) is 36.2 Å². The minimum Gasteiger partial charge on any atom is -0.478 e. The molecule has 0 unspecified atom stereocenters. The van der Waals surface area contributed by atoms with E-state index in [1.165, 1.54) is 18.2 Å². The molecule has 2 aromatic carbocycles. The number of sulfonamides is 1. The molecule has 2 N–H and O–H groups in total. The number of benzene rings is 2. The van der Waals surface area contributed by atoms with E-state index >= 15 is 0 Å². The van der Waals surface area contributed by atoms with E-state index in [4.69, 9.17) is 9.63 Å². The summed E-state index contributed by atoms with van der Waals surface area (Å²) in [6.45, 7) is 0.155. The number of nitrogens with one attached hydrogen (secondary N) is 1. The lowest BCUT2D eigenvalue weighted by atomic mass is 10.2. The van der Waals surface area contributed by atoms with Gasteiger partial charge < -0.3 is 9.63 Å². The molecular weight excluding hydrogens is 370 g/mol. The number of aryl methyl sites for hydroxylation is 1. The normalized spacial score (nSPS) is 11.4. The maximum Gasteiger partial charge on any atom is 0.335 e. The van der Waals surface area contributed by atoms with Crippen molar-refractivity contribution < 1.29 is 22.8 Å². The zero-order valence-electron chi connectivity index (χ0n) is 14.2. The molecule has 140 valence electrons. The smallest absolute Gasteiger partial charge is 0.335 e. The number of hydrogen-bond donors (Lipinski definition) is 2. The van der Waals surface area contributed by atoms with Crippen molar-refractivity contribution in [2.75, 3.05) is 6.54 Å². The van der Waals surface area contributed by atoms with Gasteiger partial charge in [0.15, 0.2) is 0 Å². The van der Waals surface area contributed by atoms with E-state index in [0.717, 1.165) is 11.6 Å². The van der Waals surface area contributed by atoms with E-state index in [1.54, 1.807) is 0 Å². The molecule has 9 heteroatoms. The standard InChI is InChI=1S/C18H17N3O5S/c22-18(23)14-8-4-9-15(12-14)27(24,25)19-11-5-10-16-20-17(21-26-16)13-6-2-1-3-7-13/h1-4,6-9,12,19H,5,10-11H2,(H,22,23). The Morgan fingerprint density at radius 2 is 1.89 bits per heavy atom. The summed E-state index contributed by atoms with van der Waals surface area (Å²) in [5.41, 5.74) is 0.753. The molecular formula is C18H17N3O5S. The first kappa shape index (κ1) is 18.7. The summed E-state index contributed by atoms with van der Waals surface area (Å²) in [5, 5.41) is 12.9. The number of hydrogen-bond acceptors (Lipinski definition) is 6. The summed E-state index contributed by atoms with van der Waals surface area (Å²) in [5.74, 6) is -0.282. The highest BCUT2D eigenvalue weighted by Gasteiger charge is 2.16. The molecule has 0 atom stereocenters. The molecule has 8 nitrogen and oxygen atoms in total. The average Bonchev–Trinajstić information content (AvgIpc) is 3.15. The van der Waals surface area contributed by atoms with Crippen molar-refractivity contribution in [1.29, 1.82) is 0 Å².